The van der Waals surface area contributed by atoms with E-state index in [2.05, 4.69) is 31.4 Å². The van der Waals surface area contributed by atoms with Crippen molar-refractivity contribution in [2.24, 2.45) is 7.05 Å². The van der Waals surface area contributed by atoms with Crippen LogP contribution < -0.4 is 5.32 Å². The van der Waals surface area contributed by atoms with Crippen molar-refractivity contribution in [1.82, 2.24) is 20.1 Å². The van der Waals surface area contributed by atoms with Crippen LogP contribution in [0.3, 0.4) is 0 Å². The van der Waals surface area contributed by atoms with Crippen molar-refractivity contribution in [3.05, 3.63) is 50.5 Å². The van der Waals surface area contributed by atoms with Gasteiger partial charge in [0, 0.05) is 30.2 Å². The Morgan fingerprint density at radius 1 is 1.42 bits per heavy atom. The highest BCUT2D eigenvalue weighted by molar-refractivity contribution is 9.10. The summed E-state index contributed by atoms with van der Waals surface area (Å²) >= 11 is 3.26. The summed E-state index contributed by atoms with van der Waals surface area (Å²) in [6.07, 6.45) is 1.63. The van der Waals surface area contributed by atoms with Crippen molar-refractivity contribution in [1.29, 1.82) is 0 Å². The molecular formula is C11H12BrN5O2. The predicted octanol–water partition coefficient (Wildman–Crippen LogP) is 1.78. The van der Waals surface area contributed by atoms with Crippen molar-refractivity contribution in [3.8, 4) is 0 Å². The fourth-order valence-corrected chi connectivity index (χ4v) is 2.16. The SMILES string of the molecule is Cn1cnnc1CNCc1cc(Br)cc([N+](=O)[O-])c1. The van der Waals surface area contributed by atoms with E-state index in [-0.39, 0.29) is 5.69 Å². The monoisotopic (exact) mass is 325 g/mol. The van der Waals surface area contributed by atoms with Gasteiger partial charge in [0.1, 0.15) is 12.2 Å². The third-order valence-corrected chi connectivity index (χ3v) is 3.03. The third kappa shape index (κ3) is 3.58. The molecule has 0 aliphatic heterocycles. The number of halogens is 1. The van der Waals surface area contributed by atoms with E-state index in [4.69, 9.17) is 0 Å². The molecule has 0 unspecified atom stereocenters. The number of hydrogen-bond donors (Lipinski definition) is 1. The molecule has 0 aliphatic rings. The van der Waals surface area contributed by atoms with Crippen molar-refractivity contribution in [2.45, 2.75) is 13.1 Å². The molecule has 0 atom stereocenters. The van der Waals surface area contributed by atoms with Crippen LogP contribution in [0.2, 0.25) is 0 Å². The summed E-state index contributed by atoms with van der Waals surface area (Å²) in [5, 5.41) is 21.6. The molecule has 0 aliphatic carbocycles. The molecule has 19 heavy (non-hydrogen) atoms. The Hall–Kier alpha value is -1.80. The van der Waals surface area contributed by atoms with Crippen LogP contribution in [0.25, 0.3) is 0 Å². The Morgan fingerprint density at radius 3 is 2.84 bits per heavy atom. The lowest BCUT2D eigenvalue weighted by molar-refractivity contribution is -0.385. The Labute approximate surface area is 117 Å². The van der Waals surface area contributed by atoms with Gasteiger partial charge in [-0.15, -0.1) is 10.2 Å². The molecule has 1 N–H and O–H groups in total. The molecule has 0 spiro atoms. The van der Waals surface area contributed by atoms with Gasteiger partial charge < -0.3 is 9.88 Å². The van der Waals surface area contributed by atoms with Gasteiger partial charge in [-0.2, -0.15) is 0 Å². The predicted molar refractivity (Wildman–Crippen MR) is 72.3 cm³/mol. The summed E-state index contributed by atoms with van der Waals surface area (Å²) in [6.45, 7) is 1.07. The third-order valence-electron chi connectivity index (χ3n) is 2.57. The number of aryl methyl sites for hydroxylation is 1. The van der Waals surface area contributed by atoms with Gasteiger partial charge in [0.05, 0.1) is 11.5 Å². The number of hydrogen-bond acceptors (Lipinski definition) is 5. The highest BCUT2D eigenvalue weighted by atomic mass is 79.9. The molecule has 100 valence electrons. The summed E-state index contributed by atoms with van der Waals surface area (Å²) in [5.41, 5.74) is 0.910. The fraction of sp³-hybridized carbons (Fsp3) is 0.273. The first-order valence-corrected chi connectivity index (χ1v) is 6.33. The lowest BCUT2D eigenvalue weighted by Gasteiger charge is -2.05. The summed E-state index contributed by atoms with van der Waals surface area (Å²) in [6, 6.07) is 4.87. The van der Waals surface area contributed by atoms with Crippen LogP contribution in [-0.2, 0) is 20.1 Å². The van der Waals surface area contributed by atoms with Crippen LogP contribution in [0.4, 0.5) is 5.69 Å². The summed E-state index contributed by atoms with van der Waals surface area (Å²) in [5.74, 6) is 0.810. The molecule has 0 bridgehead atoms. The van der Waals surface area contributed by atoms with E-state index in [1.165, 1.54) is 6.07 Å². The molecule has 1 aromatic carbocycles. The minimum atomic E-state index is -0.406. The van der Waals surface area contributed by atoms with E-state index in [1.54, 1.807) is 12.4 Å². The average molecular weight is 326 g/mol. The second kappa shape index (κ2) is 5.89. The van der Waals surface area contributed by atoms with Crippen molar-refractivity contribution >= 4 is 21.6 Å². The molecule has 2 aromatic rings. The number of rotatable bonds is 5. The zero-order valence-corrected chi connectivity index (χ0v) is 11.8. The quantitative estimate of drug-likeness (QED) is 0.668. The smallest absolute Gasteiger partial charge is 0.270 e. The Bertz CT molecular complexity index is 599. The Balaban J connectivity index is 2.00. The molecule has 0 saturated heterocycles. The number of nitro benzene ring substituents is 1. The van der Waals surface area contributed by atoms with Gasteiger partial charge in [-0.3, -0.25) is 10.1 Å². The maximum absolute atomic E-state index is 10.8. The number of nitrogens with zero attached hydrogens (tertiary/aromatic N) is 4. The maximum atomic E-state index is 10.8. The molecule has 8 heteroatoms. The molecular weight excluding hydrogens is 314 g/mol. The molecule has 1 aromatic heterocycles. The molecule has 1 heterocycles. The van der Waals surface area contributed by atoms with Crippen LogP contribution >= 0.6 is 15.9 Å². The van der Waals surface area contributed by atoms with Crippen molar-refractivity contribution in [2.75, 3.05) is 0 Å². The molecule has 0 amide bonds. The molecule has 0 fully saturated rings. The minimum absolute atomic E-state index is 0.0739. The first kappa shape index (κ1) is 13.6. The highest BCUT2D eigenvalue weighted by Gasteiger charge is 2.08. The normalized spacial score (nSPS) is 10.6. The van der Waals surface area contributed by atoms with E-state index in [1.807, 2.05) is 17.7 Å². The number of nitro groups is 1. The Kier molecular flexibility index (Phi) is 4.23. The van der Waals surface area contributed by atoms with Crippen molar-refractivity contribution < 1.29 is 4.92 Å². The summed E-state index contributed by atoms with van der Waals surface area (Å²) in [4.78, 5) is 10.3. The average Bonchev–Trinajstić information content (AvgIpc) is 2.74. The number of benzene rings is 1. The van der Waals surface area contributed by atoms with E-state index < -0.39 is 4.92 Å². The zero-order chi connectivity index (χ0) is 13.8. The Morgan fingerprint density at radius 2 is 2.21 bits per heavy atom. The molecule has 0 saturated carbocycles. The second-order valence-electron chi connectivity index (χ2n) is 4.04. The number of aromatic nitrogens is 3. The van der Waals surface area contributed by atoms with Gasteiger partial charge in [0.25, 0.3) is 5.69 Å². The summed E-state index contributed by atoms with van der Waals surface area (Å²) < 4.78 is 2.51. The fourth-order valence-electron chi connectivity index (χ4n) is 1.63. The van der Waals surface area contributed by atoms with E-state index in [9.17, 15) is 10.1 Å². The second-order valence-corrected chi connectivity index (χ2v) is 4.95. The van der Waals surface area contributed by atoms with Gasteiger partial charge in [-0.05, 0) is 11.6 Å². The van der Waals surface area contributed by atoms with Gasteiger partial charge in [0.15, 0.2) is 0 Å². The zero-order valence-electron chi connectivity index (χ0n) is 10.2. The van der Waals surface area contributed by atoms with Gasteiger partial charge >= 0.3 is 0 Å². The van der Waals surface area contributed by atoms with Crippen LogP contribution in [0, 0.1) is 10.1 Å². The standard InChI is InChI=1S/C11H12BrN5O2/c1-16-7-14-15-11(16)6-13-5-8-2-9(12)4-10(3-8)17(18)19/h2-4,7,13H,5-6H2,1H3. The van der Waals surface area contributed by atoms with Crippen molar-refractivity contribution in [3.63, 3.8) is 0 Å². The topological polar surface area (TPSA) is 85.9 Å². The molecule has 7 nitrogen and oxygen atoms in total. The van der Waals surface area contributed by atoms with E-state index in [0.29, 0.717) is 17.6 Å². The van der Waals surface area contributed by atoms with Gasteiger partial charge in [-0.1, -0.05) is 15.9 Å². The first-order valence-electron chi connectivity index (χ1n) is 5.53. The summed E-state index contributed by atoms with van der Waals surface area (Å²) in [7, 11) is 1.86. The molecule has 0 radical (unpaired) electrons. The lowest BCUT2D eigenvalue weighted by Crippen LogP contribution is -2.15. The van der Waals surface area contributed by atoms with Gasteiger partial charge in [0.2, 0.25) is 0 Å². The molecule has 2 rings (SSSR count). The van der Waals surface area contributed by atoms with Crippen LogP contribution in [0.1, 0.15) is 11.4 Å². The number of nitrogens with one attached hydrogen (secondary N) is 1. The van der Waals surface area contributed by atoms with E-state index >= 15 is 0 Å². The van der Waals surface area contributed by atoms with Crippen LogP contribution in [0.15, 0.2) is 29.0 Å². The maximum Gasteiger partial charge on any atom is 0.270 e. The number of non-ortho nitro benzene ring substituents is 1. The highest BCUT2D eigenvalue weighted by Crippen LogP contribution is 2.21. The van der Waals surface area contributed by atoms with Crippen LogP contribution in [0.5, 0.6) is 0 Å². The minimum Gasteiger partial charge on any atom is -0.320 e. The largest absolute Gasteiger partial charge is 0.320 e. The van der Waals surface area contributed by atoms with Crippen LogP contribution in [-0.4, -0.2) is 19.7 Å². The first-order chi connectivity index (χ1) is 9.06. The van der Waals surface area contributed by atoms with E-state index in [0.717, 1.165) is 11.4 Å². The lowest BCUT2D eigenvalue weighted by atomic mass is 10.2. The van der Waals surface area contributed by atoms with Gasteiger partial charge in [-0.25, -0.2) is 0 Å².